The molecule has 33 heavy (non-hydrogen) atoms. The lowest BCUT2D eigenvalue weighted by molar-refractivity contribution is -0.130. The summed E-state index contributed by atoms with van der Waals surface area (Å²) in [7, 11) is 1.62. The molecule has 3 atom stereocenters. The molecular weight excluding hydrogens is 424 g/mol. The Bertz CT molecular complexity index is 1020. The summed E-state index contributed by atoms with van der Waals surface area (Å²) in [4.78, 5) is 12.1. The molecule has 8 heteroatoms. The minimum absolute atomic E-state index is 0.0939. The molecule has 1 aliphatic rings. The maximum atomic E-state index is 12.1. The van der Waals surface area contributed by atoms with E-state index in [2.05, 4.69) is 10.5 Å². The van der Waals surface area contributed by atoms with Crippen molar-refractivity contribution in [3.8, 4) is 22.8 Å². The highest BCUT2D eigenvalue weighted by molar-refractivity contribution is 5.77. The molecule has 0 saturated carbocycles. The third-order valence-corrected chi connectivity index (χ3v) is 5.56. The number of hydrogen-bond acceptors (Lipinski definition) is 7. The summed E-state index contributed by atoms with van der Waals surface area (Å²) >= 11 is 0. The lowest BCUT2D eigenvalue weighted by Gasteiger charge is -2.33. The summed E-state index contributed by atoms with van der Waals surface area (Å²) in [6.45, 7) is 0.119. The number of benzene rings is 2. The molecule has 0 spiro atoms. The molecule has 1 fully saturated rings. The number of para-hydroxylation sites is 1. The number of hydrogen-bond donors (Lipinski definition) is 2. The van der Waals surface area contributed by atoms with Crippen molar-refractivity contribution in [1.82, 2.24) is 10.5 Å². The SMILES string of the molecule is COc1ccc(-c2cc(C[C@@H]3CC[C@H](O)[C@@H](CNC(=O)COc4ccccc4)O3)no2)cc1. The molecular formula is C25H28N2O6. The highest BCUT2D eigenvalue weighted by atomic mass is 16.5. The van der Waals surface area contributed by atoms with Gasteiger partial charge in [0.2, 0.25) is 0 Å². The second-order valence-electron chi connectivity index (χ2n) is 7.96. The Morgan fingerprint density at radius 3 is 2.67 bits per heavy atom. The van der Waals surface area contributed by atoms with Gasteiger partial charge in [-0.15, -0.1) is 0 Å². The Kier molecular flexibility index (Phi) is 7.59. The third-order valence-electron chi connectivity index (χ3n) is 5.56. The number of carbonyl (C=O) groups excluding carboxylic acids is 1. The highest BCUT2D eigenvalue weighted by Crippen LogP contribution is 2.26. The number of carbonyl (C=O) groups is 1. The van der Waals surface area contributed by atoms with Gasteiger partial charge in [0.15, 0.2) is 12.4 Å². The number of methoxy groups -OCH3 is 1. The van der Waals surface area contributed by atoms with Gasteiger partial charge in [0.05, 0.1) is 25.0 Å². The van der Waals surface area contributed by atoms with Crippen LogP contribution in [0.2, 0.25) is 0 Å². The van der Waals surface area contributed by atoms with E-state index < -0.39 is 12.2 Å². The van der Waals surface area contributed by atoms with Crippen molar-refractivity contribution < 1.29 is 28.6 Å². The summed E-state index contributed by atoms with van der Waals surface area (Å²) in [6.07, 6.45) is 0.613. The van der Waals surface area contributed by atoms with E-state index in [0.717, 1.165) is 17.0 Å². The van der Waals surface area contributed by atoms with Crippen LogP contribution in [0, 0.1) is 0 Å². The van der Waals surface area contributed by atoms with Gasteiger partial charge in [0.25, 0.3) is 5.91 Å². The maximum Gasteiger partial charge on any atom is 0.258 e. The van der Waals surface area contributed by atoms with Gasteiger partial charge in [0, 0.05) is 24.6 Å². The van der Waals surface area contributed by atoms with Gasteiger partial charge < -0.3 is 29.2 Å². The van der Waals surface area contributed by atoms with Gasteiger partial charge in [0.1, 0.15) is 17.6 Å². The van der Waals surface area contributed by atoms with E-state index in [1.165, 1.54) is 0 Å². The minimum Gasteiger partial charge on any atom is -0.497 e. The van der Waals surface area contributed by atoms with Gasteiger partial charge in [-0.3, -0.25) is 4.79 Å². The summed E-state index contributed by atoms with van der Waals surface area (Å²) in [5.74, 6) is 1.81. The van der Waals surface area contributed by atoms with E-state index in [9.17, 15) is 9.90 Å². The van der Waals surface area contributed by atoms with Crippen LogP contribution < -0.4 is 14.8 Å². The van der Waals surface area contributed by atoms with Gasteiger partial charge in [-0.1, -0.05) is 23.4 Å². The van der Waals surface area contributed by atoms with Crippen LogP contribution in [0.15, 0.2) is 65.2 Å². The topological polar surface area (TPSA) is 103 Å². The number of amides is 1. The Morgan fingerprint density at radius 2 is 1.91 bits per heavy atom. The zero-order valence-electron chi connectivity index (χ0n) is 18.5. The van der Waals surface area contributed by atoms with Crippen LogP contribution in [0.3, 0.4) is 0 Å². The zero-order valence-corrected chi connectivity index (χ0v) is 18.5. The summed E-state index contributed by atoms with van der Waals surface area (Å²) in [5.41, 5.74) is 1.69. The van der Waals surface area contributed by atoms with Crippen LogP contribution in [-0.2, 0) is 16.0 Å². The van der Waals surface area contributed by atoms with E-state index in [1.54, 1.807) is 19.2 Å². The standard InChI is InChI=1S/C25H28N2O6/c1-30-19-9-7-17(8-10-19)23-14-18(27-33-23)13-21-11-12-22(28)24(32-21)15-26-25(29)16-31-20-5-3-2-4-6-20/h2-10,14,21-22,24,28H,11-13,15-16H2,1H3,(H,26,29)/t21-,22-,24+/m0/s1. The first kappa shape index (κ1) is 22.8. The molecule has 0 unspecified atom stereocenters. The van der Waals surface area contributed by atoms with E-state index in [1.807, 2.05) is 48.5 Å². The molecule has 0 bridgehead atoms. The van der Waals surface area contributed by atoms with Crippen LogP contribution in [0.25, 0.3) is 11.3 Å². The average molecular weight is 453 g/mol. The van der Waals surface area contributed by atoms with Crippen molar-refractivity contribution in [2.24, 2.45) is 0 Å². The fraction of sp³-hybridized carbons (Fsp3) is 0.360. The molecule has 0 aliphatic carbocycles. The van der Waals surface area contributed by atoms with E-state index in [0.29, 0.717) is 30.8 Å². The first-order chi connectivity index (χ1) is 16.1. The molecule has 1 amide bonds. The average Bonchev–Trinajstić information content (AvgIpc) is 3.32. The number of ether oxygens (including phenoxy) is 3. The van der Waals surface area contributed by atoms with Gasteiger partial charge >= 0.3 is 0 Å². The Hall–Kier alpha value is -3.36. The minimum atomic E-state index is -0.635. The molecule has 8 nitrogen and oxygen atoms in total. The molecule has 174 valence electrons. The fourth-order valence-corrected chi connectivity index (χ4v) is 3.75. The smallest absolute Gasteiger partial charge is 0.258 e. The number of aliphatic hydroxyl groups is 1. The third kappa shape index (κ3) is 6.34. The zero-order chi connectivity index (χ0) is 23.0. The van der Waals surface area contributed by atoms with Gasteiger partial charge in [-0.25, -0.2) is 0 Å². The number of nitrogens with zero attached hydrogens (tertiary/aromatic N) is 1. The monoisotopic (exact) mass is 452 g/mol. The maximum absolute atomic E-state index is 12.1. The van der Waals surface area contributed by atoms with Crippen LogP contribution >= 0.6 is 0 Å². The van der Waals surface area contributed by atoms with E-state index in [4.69, 9.17) is 18.7 Å². The fourth-order valence-electron chi connectivity index (χ4n) is 3.75. The van der Waals surface area contributed by atoms with E-state index >= 15 is 0 Å². The molecule has 2 aromatic carbocycles. The lowest BCUT2D eigenvalue weighted by atomic mass is 9.98. The number of aromatic nitrogens is 1. The molecule has 1 aliphatic heterocycles. The largest absolute Gasteiger partial charge is 0.497 e. The van der Waals surface area contributed by atoms with Crippen molar-refractivity contribution in [1.29, 1.82) is 0 Å². The Labute approximate surface area is 192 Å². The quantitative estimate of drug-likeness (QED) is 0.514. The van der Waals surface area contributed by atoms with Crippen molar-refractivity contribution in [2.75, 3.05) is 20.3 Å². The van der Waals surface area contributed by atoms with Crippen molar-refractivity contribution in [2.45, 2.75) is 37.6 Å². The molecule has 4 rings (SSSR count). The summed E-state index contributed by atoms with van der Waals surface area (Å²) in [6, 6.07) is 18.6. The summed E-state index contributed by atoms with van der Waals surface area (Å²) < 4.78 is 22.2. The molecule has 2 heterocycles. The lowest BCUT2D eigenvalue weighted by Crippen LogP contribution is -2.47. The van der Waals surface area contributed by atoms with E-state index in [-0.39, 0.29) is 25.2 Å². The van der Waals surface area contributed by atoms with Crippen LogP contribution in [-0.4, -0.2) is 54.7 Å². The predicted octanol–water partition coefficient (Wildman–Crippen LogP) is 3.00. The number of rotatable bonds is 9. The van der Waals surface area contributed by atoms with Crippen molar-refractivity contribution in [3.05, 3.63) is 66.4 Å². The molecule has 3 aromatic rings. The molecule has 0 radical (unpaired) electrons. The second kappa shape index (κ2) is 11.0. The van der Waals surface area contributed by atoms with Crippen LogP contribution in [0.4, 0.5) is 0 Å². The van der Waals surface area contributed by atoms with Crippen molar-refractivity contribution >= 4 is 5.91 Å². The Morgan fingerprint density at radius 1 is 1.12 bits per heavy atom. The number of nitrogens with one attached hydrogen (secondary N) is 1. The summed E-state index contributed by atoms with van der Waals surface area (Å²) in [5, 5.41) is 17.3. The molecule has 2 N–H and O–H groups in total. The normalized spacial score (nSPS) is 20.2. The predicted molar refractivity (Wildman–Crippen MR) is 121 cm³/mol. The van der Waals surface area contributed by atoms with Gasteiger partial charge in [-0.05, 0) is 49.2 Å². The first-order valence-corrected chi connectivity index (χ1v) is 11.0. The van der Waals surface area contributed by atoms with Crippen LogP contribution in [0.5, 0.6) is 11.5 Å². The molecule has 1 saturated heterocycles. The Balaban J connectivity index is 1.26. The highest BCUT2D eigenvalue weighted by Gasteiger charge is 2.31. The number of aliphatic hydroxyl groups excluding tert-OH is 1. The molecule has 1 aromatic heterocycles. The second-order valence-corrected chi connectivity index (χ2v) is 7.96. The van der Waals surface area contributed by atoms with Crippen LogP contribution in [0.1, 0.15) is 18.5 Å². The van der Waals surface area contributed by atoms with Crippen molar-refractivity contribution in [3.63, 3.8) is 0 Å². The first-order valence-electron chi connectivity index (χ1n) is 11.0. The van der Waals surface area contributed by atoms with Gasteiger partial charge in [-0.2, -0.15) is 0 Å².